The van der Waals surface area contributed by atoms with Crippen LogP contribution in [0.1, 0.15) is 11.1 Å². The molecule has 0 aliphatic rings. The normalized spacial score (nSPS) is 11.3. The molecule has 2 nitrogen and oxygen atoms in total. The average Bonchev–Trinajstić information content (AvgIpc) is 2.87. The van der Waals surface area contributed by atoms with Gasteiger partial charge in [0.15, 0.2) is 0 Å². The van der Waals surface area contributed by atoms with Gasteiger partial charge >= 0.3 is 0 Å². The van der Waals surface area contributed by atoms with E-state index in [0.717, 1.165) is 5.69 Å². The summed E-state index contributed by atoms with van der Waals surface area (Å²) in [7, 11) is 0. The van der Waals surface area contributed by atoms with Crippen LogP contribution in [0.2, 0.25) is 0 Å². The second-order valence-corrected chi connectivity index (χ2v) is 5.57. The number of aryl methyl sites for hydroxylation is 2. The minimum absolute atomic E-state index is 1.02. The molecule has 0 aliphatic heterocycles. The zero-order valence-electron chi connectivity index (χ0n) is 12.1. The van der Waals surface area contributed by atoms with Crippen LogP contribution in [0.4, 0.5) is 0 Å². The van der Waals surface area contributed by atoms with Gasteiger partial charge in [0.05, 0.1) is 11.2 Å². The summed E-state index contributed by atoms with van der Waals surface area (Å²) >= 11 is 0. The van der Waals surface area contributed by atoms with Gasteiger partial charge in [0, 0.05) is 28.0 Å². The van der Waals surface area contributed by atoms with Gasteiger partial charge in [-0.25, -0.2) is 0 Å². The lowest BCUT2D eigenvalue weighted by atomic mass is 10.0. The third-order valence-corrected chi connectivity index (χ3v) is 4.06. The molecule has 4 aromatic rings. The maximum absolute atomic E-state index is 4.61. The SMILES string of the molecule is Cc1ccc(-c2c(C)ccc3c2[nH]c2ccccc23)nc1. The van der Waals surface area contributed by atoms with Crippen LogP contribution in [-0.2, 0) is 0 Å². The predicted octanol–water partition coefficient (Wildman–Crippen LogP) is 5.00. The first-order chi connectivity index (χ1) is 10.2. The molecule has 0 fully saturated rings. The summed E-state index contributed by atoms with van der Waals surface area (Å²) in [5, 5.41) is 2.52. The van der Waals surface area contributed by atoms with Crippen LogP contribution in [0.15, 0.2) is 54.7 Å². The highest BCUT2D eigenvalue weighted by molar-refractivity contribution is 6.12. The number of fused-ring (bicyclic) bond motifs is 3. The van der Waals surface area contributed by atoms with Crippen LogP contribution in [0, 0.1) is 13.8 Å². The zero-order chi connectivity index (χ0) is 14.4. The summed E-state index contributed by atoms with van der Waals surface area (Å²) in [6.07, 6.45) is 1.93. The number of H-pyrrole nitrogens is 1. The Morgan fingerprint density at radius 2 is 1.71 bits per heavy atom. The van der Waals surface area contributed by atoms with Gasteiger partial charge in [-0.05, 0) is 37.1 Å². The largest absolute Gasteiger partial charge is 0.354 e. The van der Waals surface area contributed by atoms with Crippen molar-refractivity contribution in [2.45, 2.75) is 13.8 Å². The number of aromatic nitrogens is 2. The first-order valence-corrected chi connectivity index (χ1v) is 7.17. The summed E-state index contributed by atoms with van der Waals surface area (Å²) in [6, 6.07) is 17.0. The molecule has 0 saturated carbocycles. The molecular weight excluding hydrogens is 256 g/mol. The van der Waals surface area contributed by atoms with E-state index < -0.39 is 0 Å². The molecule has 102 valence electrons. The standard InChI is InChI=1S/C19H16N2/c1-12-7-10-17(20-11-12)18-13(2)8-9-15-14-5-3-4-6-16(14)21-19(15)18/h3-11,21H,1-2H3. The van der Waals surface area contributed by atoms with Crippen molar-refractivity contribution < 1.29 is 0 Å². The Hall–Kier alpha value is -2.61. The molecule has 2 aromatic heterocycles. The van der Waals surface area contributed by atoms with Crippen molar-refractivity contribution >= 4 is 21.8 Å². The highest BCUT2D eigenvalue weighted by atomic mass is 14.7. The number of aromatic amines is 1. The van der Waals surface area contributed by atoms with E-state index in [2.05, 4.69) is 72.3 Å². The quantitative estimate of drug-likeness (QED) is 0.519. The van der Waals surface area contributed by atoms with Crippen molar-refractivity contribution in [2.24, 2.45) is 0 Å². The van der Waals surface area contributed by atoms with Crippen LogP contribution in [0.5, 0.6) is 0 Å². The van der Waals surface area contributed by atoms with Gasteiger partial charge in [-0.1, -0.05) is 36.4 Å². The van der Waals surface area contributed by atoms with Gasteiger partial charge in [0.25, 0.3) is 0 Å². The molecule has 2 heterocycles. The molecule has 2 heteroatoms. The molecule has 4 rings (SSSR count). The maximum Gasteiger partial charge on any atom is 0.0725 e. The minimum Gasteiger partial charge on any atom is -0.354 e. The van der Waals surface area contributed by atoms with Crippen LogP contribution < -0.4 is 0 Å². The van der Waals surface area contributed by atoms with Crippen molar-refractivity contribution in [2.75, 3.05) is 0 Å². The summed E-state index contributed by atoms with van der Waals surface area (Å²) in [4.78, 5) is 8.17. The molecule has 2 aromatic carbocycles. The van der Waals surface area contributed by atoms with E-state index >= 15 is 0 Å². The van der Waals surface area contributed by atoms with E-state index in [4.69, 9.17) is 0 Å². The number of pyridine rings is 1. The molecule has 1 N–H and O–H groups in total. The van der Waals surface area contributed by atoms with Crippen LogP contribution >= 0.6 is 0 Å². The zero-order valence-corrected chi connectivity index (χ0v) is 12.1. The van der Waals surface area contributed by atoms with Crippen LogP contribution in [0.3, 0.4) is 0 Å². The van der Waals surface area contributed by atoms with Gasteiger partial charge in [0.2, 0.25) is 0 Å². The van der Waals surface area contributed by atoms with Gasteiger partial charge in [-0.15, -0.1) is 0 Å². The Kier molecular flexibility index (Phi) is 2.58. The molecule has 0 aliphatic carbocycles. The average molecular weight is 272 g/mol. The fourth-order valence-corrected chi connectivity index (χ4v) is 2.97. The number of rotatable bonds is 1. The smallest absolute Gasteiger partial charge is 0.0725 e. The number of hydrogen-bond acceptors (Lipinski definition) is 1. The molecular formula is C19H16N2. The topological polar surface area (TPSA) is 28.7 Å². The number of benzene rings is 2. The van der Waals surface area contributed by atoms with E-state index in [1.807, 2.05) is 6.20 Å². The third-order valence-electron chi connectivity index (χ3n) is 4.06. The maximum atomic E-state index is 4.61. The van der Waals surface area contributed by atoms with E-state index in [0.29, 0.717) is 0 Å². The van der Waals surface area contributed by atoms with Crippen LogP contribution in [-0.4, -0.2) is 9.97 Å². The second kappa shape index (κ2) is 4.45. The van der Waals surface area contributed by atoms with E-state index in [1.165, 1.54) is 38.5 Å². The second-order valence-electron chi connectivity index (χ2n) is 5.57. The predicted molar refractivity (Wildman–Crippen MR) is 88.5 cm³/mol. The summed E-state index contributed by atoms with van der Waals surface area (Å²) in [5.74, 6) is 0. The highest BCUT2D eigenvalue weighted by Gasteiger charge is 2.12. The van der Waals surface area contributed by atoms with Crippen molar-refractivity contribution in [3.8, 4) is 11.3 Å². The van der Waals surface area contributed by atoms with Gasteiger partial charge in [0.1, 0.15) is 0 Å². The lowest BCUT2D eigenvalue weighted by Crippen LogP contribution is -1.89. The first-order valence-electron chi connectivity index (χ1n) is 7.17. The van der Waals surface area contributed by atoms with Gasteiger partial charge < -0.3 is 4.98 Å². The Bertz CT molecular complexity index is 947. The third kappa shape index (κ3) is 1.83. The monoisotopic (exact) mass is 272 g/mol. The van der Waals surface area contributed by atoms with Crippen molar-refractivity contribution in [3.05, 3.63) is 65.9 Å². The number of hydrogen-bond donors (Lipinski definition) is 1. The Morgan fingerprint density at radius 1 is 0.857 bits per heavy atom. The van der Waals surface area contributed by atoms with E-state index in [9.17, 15) is 0 Å². The van der Waals surface area contributed by atoms with Crippen molar-refractivity contribution in [1.82, 2.24) is 9.97 Å². The summed E-state index contributed by atoms with van der Waals surface area (Å²) in [5.41, 5.74) is 6.99. The van der Waals surface area contributed by atoms with E-state index in [1.54, 1.807) is 0 Å². The van der Waals surface area contributed by atoms with Crippen molar-refractivity contribution in [3.63, 3.8) is 0 Å². The Labute approximate surface area is 123 Å². The summed E-state index contributed by atoms with van der Waals surface area (Å²) in [6.45, 7) is 4.20. The molecule has 0 amide bonds. The lowest BCUT2D eigenvalue weighted by Gasteiger charge is -2.07. The molecule has 0 atom stereocenters. The number of para-hydroxylation sites is 1. The van der Waals surface area contributed by atoms with Crippen LogP contribution in [0.25, 0.3) is 33.1 Å². The van der Waals surface area contributed by atoms with Gasteiger partial charge in [-0.3, -0.25) is 4.98 Å². The van der Waals surface area contributed by atoms with Gasteiger partial charge in [-0.2, -0.15) is 0 Å². The van der Waals surface area contributed by atoms with Crippen molar-refractivity contribution in [1.29, 1.82) is 0 Å². The first kappa shape index (κ1) is 12.2. The lowest BCUT2D eigenvalue weighted by molar-refractivity contribution is 1.26. The molecule has 0 bridgehead atoms. The fourth-order valence-electron chi connectivity index (χ4n) is 2.97. The molecule has 21 heavy (non-hydrogen) atoms. The Balaban J connectivity index is 2.12. The highest BCUT2D eigenvalue weighted by Crippen LogP contribution is 2.34. The molecule has 0 saturated heterocycles. The number of nitrogens with one attached hydrogen (secondary N) is 1. The summed E-state index contributed by atoms with van der Waals surface area (Å²) < 4.78 is 0. The van der Waals surface area contributed by atoms with E-state index in [-0.39, 0.29) is 0 Å². The Morgan fingerprint density at radius 3 is 2.52 bits per heavy atom. The molecule has 0 radical (unpaired) electrons. The minimum atomic E-state index is 1.02. The number of nitrogens with zero attached hydrogens (tertiary/aromatic N) is 1. The fraction of sp³-hybridized carbons (Fsp3) is 0.105. The molecule has 0 spiro atoms. The molecule has 0 unspecified atom stereocenters.